The van der Waals surface area contributed by atoms with Crippen LogP contribution in [0, 0.1) is 11.7 Å². The highest BCUT2D eigenvalue weighted by atomic mass is 35.5. The fourth-order valence-electron chi connectivity index (χ4n) is 4.48. The number of benzene rings is 2. The van der Waals surface area contributed by atoms with Gasteiger partial charge in [0.1, 0.15) is 5.82 Å². The van der Waals surface area contributed by atoms with E-state index in [1.54, 1.807) is 0 Å². The van der Waals surface area contributed by atoms with Crippen LogP contribution in [0.4, 0.5) is 4.39 Å². The van der Waals surface area contributed by atoms with E-state index in [9.17, 15) is 9.18 Å². The maximum Gasteiger partial charge on any atom is 0.226 e. The summed E-state index contributed by atoms with van der Waals surface area (Å²) in [5.41, 5.74) is 2.16. The van der Waals surface area contributed by atoms with Gasteiger partial charge in [-0.05, 0) is 54.2 Å². The van der Waals surface area contributed by atoms with Crippen molar-refractivity contribution < 1.29 is 13.9 Å². The molecule has 0 spiro atoms. The number of morpholine rings is 1. The van der Waals surface area contributed by atoms with Gasteiger partial charge in [0.15, 0.2) is 0 Å². The normalized spacial score (nSPS) is 24.6. The van der Waals surface area contributed by atoms with E-state index in [1.165, 1.54) is 12.1 Å². The van der Waals surface area contributed by atoms with Crippen molar-refractivity contribution in [2.24, 2.45) is 5.92 Å². The molecule has 4 rings (SSSR count). The van der Waals surface area contributed by atoms with E-state index in [0.29, 0.717) is 32.8 Å². The van der Waals surface area contributed by atoms with Crippen molar-refractivity contribution in [1.29, 1.82) is 0 Å². The standard InChI is InChI=1S/C23H26ClFN2O2/c24-18-3-1-2-16(12-18)15-26-20-13-21(17-4-6-19(25)7-5-17)22(14-20)23(28)27-8-10-29-11-9-27/h1-7,12,20-22,26H,8-11,13-15H2/t20-,21+,22-/m0/s1. The highest BCUT2D eigenvalue weighted by Gasteiger charge is 2.41. The van der Waals surface area contributed by atoms with E-state index in [1.807, 2.05) is 41.3 Å². The molecule has 2 fully saturated rings. The fraction of sp³-hybridized carbons (Fsp3) is 0.435. The zero-order chi connectivity index (χ0) is 20.2. The molecular weight excluding hydrogens is 391 g/mol. The number of hydrogen-bond donors (Lipinski definition) is 1. The second-order valence-electron chi connectivity index (χ2n) is 7.88. The first-order valence-corrected chi connectivity index (χ1v) is 10.6. The zero-order valence-corrected chi connectivity index (χ0v) is 17.1. The van der Waals surface area contributed by atoms with Crippen LogP contribution in [0.15, 0.2) is 48.5 Å². The summed E-state index contributed by atoms with van der Waals surface area (Å²) < 4.78 is 18.8. The molecule has 29 heavy (non-hydrogen) atoms. The van der Waals surface area contributed by atoms with Gasteiger partial charge in [0.25, 0.3) is 0 Å². The number of carbonyl (C=O) groups excluding carboxylic acids is 1. The van der Waals surface area contributed by atoms with Gasteiger partial charge >= 0.3 is 0 Å². The van der Waals surface area contributed by atoms with E-state index < -0.39 is 0 Å². The van der Waals surface area contributed by atoms with Crippen LogP contribution in [0.25, 0.3) is 0 Å². The molecule has 154 valence electrons. The predicted molar refractivity (Wildman–Crippen MR) is 111 cm³/mol. The Morgan fingerprint density at radius 1 is 1.14 bits per heavy atom. The van der Waals surface area contributed by atoms with Crippen LogP contribution in [0.1, 0.15) is 29.9 Å². The third kappa shape index (κ3) is 4.97. The van der Waals surface area contributed by atoms with Crippen LogP contribution < -0.4 is 5.32 Å². The van der Waals surface area contributed by atoms with Gasteiger partial charge in [-0.1, -0.05) is 35.9 Å². The third-order valence-electron chi connectivity index (χ3n) is 5.98. The highest BCUT2D eigenvalue weighted by Crippen LogP contribution is 2.41. The Labute approximate surface area is 176 Å². The van der Waals surface area contributed by atoms with Crippen molar-refractivity contribution in [1.82, 2.24) is 10.2 Å². The minimum Gasteiger partial charge on any atom is -0.378 e. The Bertz CT molecular complexity index is 839. The molecule has 4 nitrogen and oxygen atoms in total. The second-order valence-corrected chi connectivity index (χ2v) is 8.32. The third-order valence-corrected chi connectivity index (χ3v) is 6.22. The van der Waals surface area contributed by atoms with Crippen LogP contribution in [0.5, 0.6) is 0 Å². The monoisotopic (exact) mass is 416 g/mol. The van der Waals surface area contributed by atoms with Gasteiger partial charge in [-0.25, -0.2) is 4.39 Å². The lowest BCUT2D eigenvalue weighted by molar-refractivity contribution is -0.140. The average molecular weight is 417 g/mol. The van der Waals surface area contributed by atoms with Gasteiger partial charge in [0, 0.05) is 36.6 Å². The van der Waals surface area contributed by atoms with Crippen molar-refractivity contribution >= 4 is 17.5 Å². The van der Waals surface area contributed by atoms with Crippen molar-refractivity contribution in [3.05, 3.63) is 70.5 Å². The lowest BCUT2D eigenvalue weighted by Gasteiger charge is -2.31. The number of ether oxygens (including phenoxy) is 1. The fourth-order valence-corrected chi connectivity index (χ4v) is 4.70. The Balaban J connectivity index is 1.48. The van der Waals surface area contributed by atoms with Crippen LogP contribution in [-0.2, 0) is 16.1 Å². The molecule has 0 radical (unpaired) electrons. The molecule has 1 amide bonds. The van der Waals surface area contributed by atoms with E-state index in [-0.39, 0.29) is 29.6 Å². The molecule has 1 saturated carbocycles. The molecule has 2 aromatic rings. The van der Waals surface area contributed by atoms with Crippen molar-refractivity contribution in [3.8, 4) is 0 Å². The number of carbonyl (C=O) groups is 1. The Morgan fingerprint density at radius 3 is 2.62 bits per heavy atom. The first-order chi connectivity index (χ1) is 14.1. The van der Waals surface area contributed by atoms with Crippen molar-refractivity contribution in [2.75, 3.05) is 26.3 Å². The lowest BCUT2D eigenvalue weighted by Crippen LogP contribution is -2.44. The molecule has 1 N–H and O–H groups in total. The number of nitrogens with one attached hydrogen (secondary N) is 1. The predicted octanol–water partition coefficient (Wildman–Crippen LogP) is 3.99. The molecule has 2 aliphatic rings. The van der Waals surface area contributed by atoms with Gasteiger partial charge in [0.05, 0.1) is 13.2 Å². The number of nitrogens with zero attached hydrogens (tertiary/aromatic N) is 1. The average Bonchev–Trinajstić information content (AvgIpc) is 3.17. The quantitative estimate of drug-likeness (QED) is 0.801. The highest BCUT2D eigenvalue weighted by molar-refractivity contribution is 6.30. The van der Waals surface area contributed by atoms with Gasteiger partial charge in [-0.3, -0.25) is 4.79 Å². The summed E-state index contributed by atoms with van der Waals surface area (Å²) in [6.07, 6.45) is 1.63. The first kappa shape index (κ1) is 20.3. The number of rotatable bonds is 5. The molecule has 1 aliphatic carbocycles. The molecule has 0 bridgehead atoms. The van der Waals surface area contributed by atoms with Crippen molar-refractivity contribution in [2.45, 2.75) is 31.3 Å². The molecule has 1 heterocycles. The Hall–Kier alpha value is -1.95. The van der Waals surface area contributed by atoms with Crippen molar-refractivity contribution in [3.63, 3.8) is 0 Å². The summed E-state index contributed by atoms with van der Waals surface area (Å²) in [7, 11) is 0. The molecule has 6 heteroatoms. The van der Waals surface area contributed by atoms with Gasteiger partial charge in [-0.15, -0.1) is 0 Å². The van der Waals surface area contributed by atoms with Gasteiger partial charge in [-0.2, -0.15) is 0 Å². The minimum atomic E-state index is -0.251. The van der Waals surface area contributed by atoms with Gasteiger partial charge < -0.3 is 15.0 Å². The Morgan fingerprint density at radius 2 is 1.90 bits per heavy atom. The smallest absolute Gasteiger partial charge is 0.226 e. The number of halogens is 2. The SMILES string of the molecule is O=C([C@H]1C[C@@H](NCc2cccc(Cl)c2)C[C@@H]1c1ccc(F)cc1)N1CCOCC1. The summed E-state index contributed by atoms with van der Waals surface area (Å²) in [6, 6.07) is 14.6. The topological polar surface area (TPSA) is 41.6 Å². The maximum absolute atomic E-state index is 13.4. The number of hydrogen-bond acceptors (Lipinski definition) is 3. The second kappa shape index (κ2) is 9.24. The van der Waals surface area contributed by atoms with E-state index in [4.69, 9.17) is 16.3 Å². The minimum absolute atomic E-state index is 0.0859. The number of amides is 1. The van der Waals surface area contributed by atoms with Gasteiger partial charge in [0.2, 0.25) is 5.91 Å². The first-order valence-electron chi connectivity index (χ1n) is 10.2. The molecule has 3 atom stereocenters. The van der Waals surface area contributed by atoms with Crippen LogP contribution in [0.3, 0.4) is 0 Å². The van der Waals surface area contributed by atoms with E-state index in [2.05, 4.69) is 5.32 Å². The molecule has 1 saturated heterocycles. The van der Waals surface area contributed by atoms with E-state index in [0.717, 1.165) is 29.0 Å². The summed E-state index contributed by atoms with van der Waals surface area (Å²) in [5, 5.41) is 4.32. The Kier molecular flexibility index (Phi) is 6.48. The molecule has 1 aliphatic heterocycles. The summed E-state index contributed by atoms with van der Waals surface area (Å²) in [6.45, 7) is 3.18. The van der Waals surface area contributed by atoms with Crippen LogP contribution in [0.2, 0.25) is 5.02 Å². The molecule has 0 unspecified atom stereocenters. The summed E-state index contributed by atoms with van der Waals surface area (Å²) in [5.74, 6) is -0.0775. The summed E-state index contributed by atoms with van der Waals surface area (Å²) >= 11 is 6.09. The molecule has 0 aromatic heterocycles. The van der Waals surface area contributed by atoms with E-state index >= 15 is 0 Å². The maximum atomic E-state index is 13.4. The summed E-state index contributed by atoms with van der Waals surface area (Å²) in [4.78, 5) is 15.2. The van der Waals surface area contributed by atoms with Crippen LogP contribution >= 0.6 is 11.6 Å². The molecule has 2 aromatic carbocycles. The molecular formula is C23H26ClFN2O2. The largest absolute Gasteiger partial charge is 0.378 e. The van der Waals surface area contributed by atoms with Crippen LogP contribution in [-0.4, -0.2) is 43.2 Å². The lowest BCUT2D eigenvalue weighted by atomic mass is 9.88. The zero-order valence-electron chi connectivity index (χ0n) is 16.3.